The summed E-state index contributed by atoms with van der Waals surface area (Å²) in [6.45, 7) is 4.16. The Morgan fingerprint density at radius 3 is 2.83 bits per heavy atom. The third kappa shape index (κ3) is 3.59. The van der Waals surface area contributed by atoms with Crippen molar-refractivity contribution in [2.24, 2.45) is 0 Å². The molecule has 8 heteroatoms. The SMILES string of the molecule is Cc1ccc(C)c(CSc2nnc(-c3ccc([N+](=O)[O-])o3)s2)c1. The first kappa shape index (κ1) is 15.7. The maximum absolute atomic E-state index is 10.6. The van der Waals surface area contributed by atoms with Gasteiger partial charge in [0.15, 0.2) is 15.1 Å². The van der Waals surface area contributed by atoms with Crippen molar-refractivity contribution in [3.8, 4) is 10.8 Å². The highest BCUT2D eigenvalue weighted by molar-refractivity contribution is 8.00. The van der Waals surface area contributed by atoms with Crippen LogP contribution in [0.5, 0.6) is 0 Å². The summed E-state index contributed by atoms with van der Waals surface area (Å²) in [6, 6.07) is 9.23. The normalized spacial score (nSPS) is 10.9. The van der Waals surface area contributed by atoms with Crippen LogP contribution in [0.1, 0.15) is 16.7 Å². The van der Waals surface area contributed by atoms with Gasteiger partial charge in [0.2, 0.25) is 0 Å². The molecule has 0 bridgehead atoms. The zero-order valence-corrected chi connectivity index (χ0v) is 14.1. The Balaban J connectivity index is 1.72. The summed E-state index contributed by atoms with van der Waals surface area (Å²) < 4.78 is 5.95. The van der Waals surface area contributed by atoms with Crippen molar-refractivity contribution in [1.82, 2.24) is 10.2 Å². The summed E-state index contributed by atoms with van der Waals surface area (Å²) in [7, 11) is 0. The highest BCUT2D eigenvalue weighted by Crippen LogP contribution is 2.33. The van der Waals surface area contributed by atoms with Crippen LogP contribution < -0.4 is 0 Å². The second-order valence-corrected chi connectivity index (χ2v) is 7.19. The van der Waals surface area contributed by atoms with Gasteiger partial charge in [0.25, 0.3) is 0 Å². The average molecular weight is 347 g/mol. The Morgan fingerprint density at radius 2 is 2.09 bits per heavy atom. The van der Waals surface area contributed by atoms with Crippen LogP contribution in [-0.2, 0) is 5.75 Å². The number of nitrogens with zero attached hydrogens (tertiary/aromatic N) is 3. The van der Waals surface area contributed by atoms with Gasteiger partial charge in [-0.1, -0.05) is 46.9 Å². The van der Waals surface area contributed by atoms with E-state index >= 15 is 0 Å². The van der Waals surface area contributed by atoms with Crippen molar-refractivity contribution in [3.05, 3.63) is 57.1 Å². The Kier molecular flexibility index (Phi) is 4.44. The minimum absolute atomic E-state index is 0.292. The molecular weight excluding hydrogens is 334 g/mol. The molecule has 1 aromatic carbocycles. The minimum atomic E-state index is -0.569. The van der Waals surface area contributed by atoms with Crippen LogP contribution in [0.3, 0.4) is 0 Å². The Hall–Kier alpha value is -2.19. The zero-order valence-electron chi connectivity index (χ0n) is 12.5. The van der Waals surface area contributed by atoms with Crippen LogP contribution in [0.2, 0.25) is 0 Å². The predicted molar refractivity (Wildman–Crippen MR) is 89.7 cm³/mol. The van der Waals surface area contributed by atoms with E-state index in [0.29, 0.717) is 10.8 Å². The monoisotopic (exact) mass is 347 g/mol. The number of hydrogen-bond acceptors (Lipinski definition) is 7. The molecule has 3 rings (SSSR count). The van der Waals surface area contributed by atoms with Crippen LogP contribution in [-0.4, -0.2) is 15.1 Å². The minimum Gasteiger partial charge on any atom is -0.398 e. The molecule has 0 spiro atoms. The topological polar surface area (TPSA) is 82.1 Å². The lowest BCUT2D eigenvalue weighted by atomic mass is 10.1. The molecule has 6 nitrogen and oxygen atoms in total. The van der Waals surface area contributed by atoms with E-state index in [0.717, 1.165) is 10.1 Å². The standard InChI is InChI=1S/C15H13N3O3S2/c1-9-3-4-10(2)11(7-9)8-22-15-17-16-14(23-15)12-5-6-13(21-12)18(19)20/h3-7H,8H2,1-2H3. The molecule has 0 aliphatic carbocycles. The van der Waals surface area contributed by atoms with Crippen molar-refractivity contribution in [2.45, 2.75) is 23.9 Å². The Morgan fingerprint density at radius 1 is 1.26 bits per heavy atom. The molecule has 0 amide bonds. The molecule has 0 saturated heterocycles. The second-order valence-electron chi connectivity index (χ2n) is 4.99. The molecule has 23 heavy (non-hydrogen) atoms. The number of hydrogen-bond donors (Lipinski definition) is 0. The summed E-state index contributed by atoms with van der Waals surface area (Å²) >= 11 is 2.96. The molecule has 0 saturated carbocycles. The van der Waals surface area contributed by atoms with Crippen molar-refractivity contribution < 1.29 is 9.34 Å². The maximum Gasteiger partial charge on any atom is 0.433 e. The first-order valence-corrected chi connectivity index (χ1v) is 8.60. The van der Waals surface area contributed by atoms with E-state index < -0.39 is 4.92 Å². The van der Waals surface area contributed by atoms with Crippen LogP contribution >= 0.6 is 23.1 Å². The quantitative estimate of drug-likeness (QED) is 0.381. The largest absolute Gasteiger partial charge is 0.433 e. The van der Waals surface area contributed by atoms with Gasteiger partial charge < -0.3 is 4.42 Å². The van der Waals surface area contributed by atoms with E-state index in [9.17, 15) is 10.1 Å². The number of thioether (sulfide) groups is 1. The van der Waals surface area contributed by atoms with Gasteiger partial charge >= 0.3 is 5.88 Å². The van der Waals surface area contributed by atoms with Crippen molar-refractivity contribution in [2.75, 3.05) is 0 Å². The lowest BCUT2D eigenvalue weighted by Gasteiger charge is -2.05. The van der Waals surface area contributed by atoms with Crippen LogP contribution in [0.25, 0.3) is 10.8 Å². The number of furan rings is 1. The summed E-state index contributed by atoms with van der Waals surface area (Å²) in [5, 5.41) is 19.3. The highest BCUT2D eigenvalue weighted by Gasteiger charge is 2.16. The average Bonchev–Trinajstić information content (AvgIpc) is 3.16. The van der Waals surface area contributed by atoms with Gasteiger partial charge in [0, 0.05) is 5.75 Å². The van der Waals surface area contributed by atoms with E-state index in [4.69, 9.17) is 4.42 Å². The van der Waals surface area contributed by atoms with E-state index in [2.05, 4.69) is 42.2 Å². The maximum atomic E-state index is 10.6. The first-order valence-electron chi connectivity index (χ1n) is 6.80. The van der Waals surface area contributed by atoms with Gasteiger partial charge in [-0.2, -0.15) is 0 Å². The second kappa shape index (κ2) is 6.51. The summed E-state index contributed by atoms with van der Waals surface area (Å²) in [4.78, 5) is 10.1. The third-order valence-electron chi connectivity index (χ3n) is 3.24. The fourth-order valence-corrected chi connectivity index (χ4v) is 3.88. The van der Waals surface area contributed by atoms with E-state index in [1.807, 2.05) is 0 Å². The lowest BCUT2D eigenvalue weighted by Crippen LogP contribution is -1.87. The molecule has 118 valence electrons. The van der Waals surface area contributed by atoms with E-state index in [1.54, 1.807) is 11.8 Å². The summed E-state index contributed by atoms with van der Waals surface area (Å²) in [5.41, 5.74) is 3.74. The van der Waals surface area contributed by atoms with Gasteiger partial charge in [-0.05, 0) is 31.0 Å². The van der Waals surface area contributed by atoms with E-state index in [-0.39, 0.29) is 5.88 Å². The van der Waals surface area contributed by atoms with Gasteiger partial charge in [-0.25, -0.2) is 0 Å². The van der Waals surface area contributed by atoms with Gasteiger partial charge in [0.05, 0.1) is 6.07 Å². The van der Waals surface area contributed by atoms with Crippen LogP contribution in [0.4, 0.5) is 5.88 Å². The van der Waals surface area contributed by atoms with E-state index in [1.165, 1.54) is 40.2 Å². The number of nitro groups is 1. The van der Waals surface area contributed by atoms with Crippen LogP contribution in [0, 0.1) is 24.0 Å². The van der Waals surface area contributed by atoms with Gasteiger partial charge in [-0.15, -0.1) is 10.2 Å². The lowest BCUT2D eigenvalue weighted by molar-refractivity contribution is -0.401. The number of aryl methyl sites for hydroxylation is 2. The first-order chi connectivity index (χ1) is 11.0. The highest BCUT2D eigenvalue weighted by atomic mass is 32.2. The fraction of sp³-hybridized carbons (Fsp3) is 0.200. The number of aromatic nitrogens is 2. The third-order valence-corrected chi connectivity index (χ3v) is 5.36. The number of rotatable bonds is 5. The summed E-state index contributed by atoms with van der Waals surface area (Å²) in [6.07, 6.45) is 0. The van der Waals surface area contributed by atoms with Crippen molar-refractivity contribution >= 4 is 29.0 Å². The molecule has 2 aromatic heterocycles. The predicted octanol–water partition coefficient (Wildman–Crippen LogP) is 4.62. The Bertz CT molecular complexity index is 857. The molecule has 0 fully saturated rings. The molecule has 0 N–H and O–H groups in total. The van der Waals surface area contributed by atoms with Crippen LogP contribution in [0.15, 0.2) is 39.1 Å². The molecule has 3 aromatic rings. The van der Waals surface area contributed by atoms with Gasteiger partial charge in [-0.3, -0.25) is 10.1 Å². The molecule has 0 aliphatic heterocycles. The molecule has 0 radical (unpaired) electrons. The van der Waals surface area contributed by atoms with Crippen molar-refractivity contribution in [1.29, 1.82) is 0 Å². The summed E-state index contributed by atoms with van der Waals surface area (Å²) in [5.74, 6) is 0.882. The molecule has 2 heterocycles. The molecular formula is C15H13N3O3S2. The Labute approximate surface area is 140 Å². The molecule has 0 atom stereocenters. The molecule has 0 unspecified atom stereocenters. The zero-order chi connectivity index (χ0) is 16.4. The number of benzene rings is 1. The smallest absolute Gasteiger partial charge is 0.398 e. The van der Waals surface area contributed by atoms with Crippen molar-refractivity contribution in [3.63, 3.8) is 0 Å². The molecule has 0 aliphatic rings. The fourth-order valence-electron chi connectivity index (χ4n) is 2.00. The van der Waals surface area contributed by atoms with Gasteiger partial charge in [0.1, 0.15) is 4.92 Å².